The molecule has 0 saturated heterocycles. The zero-order valence-electron chi connectivity index (χ0n) is 3.79. The van der Waals surface area contributed by atoms with Crippen LogP contribution < -0.4 is 0 Å². The molecule has 0 heterocycles. The van der Waals surface area contributed by atoms with Gasteiger partial charge in [-0.25, -0.2) is 0 Å². The molecule has 0 aliphatic carbocycles. The van der Waals surface area contributed by atoms with Crippen molar-refractivity contribution in [2.75, 3.05) is 13.3 Å². The molecule has 0 radical (unpaired) electrons. The largest absolute Gasteiger partial charge is 0.0731 e. The fourth-order valence-corrected chi connectivity index (χ4v) is 0.240. The van der Waals surface area contributed by atoms with Gasteiger partial charge in [0.2, 0.25) is 0 Å². The molecular weight excluding hydrogens is 97.0 g/mol. The minimum absolute atomic E-state index is 0.392. The van der Waals surface area contributed by atoms with Crippen LogP contribution in [0.4, 0.5) is 0 Å². The molecule has 0 aromatic heterocycles. The molecule has 0 aromatic carbocycles. The van der Waals surface area contributed by atoms with E-state index < -0.39 is 8.07 Å². The van der Waals surface area contributed by atoms with Crippen molar-refractivity contribution >= 4 is 8.07 Å². The van der Waals surface area contributed by atoms with Crippen molar-refractivity contribution in [1.29, 1.82) is 0 Å². The maximum absolute atomic E-state index is 7.71. The fourth-order valence-electron chi connectivity index (χ4n) is 0.0800. The Morgan fingerprint density at radius 2 is 2.17 bits per heavy atom. The summed E-state index contributed by atoms with van der Waals surface area (Å²) in [4.78, 5) is 5.96. The van der Waals surface area contributed by atoms with E-state index in [-0.39, 0.29) is 0 Å². The molecule has 34 valence electrons. The Morgan fingerprint density at radius 1 is 1.67 bits per heavy atom. The standard InChI is InChI=1S/C2H6N3P/c1-6(2)5-4-3/h1-2H3. The van der Waals surface area contributed by atoms with E-state index in [1.165, 1.54) is 0 Å². The van der Waals surface area contributed by atoms with Gasteiger partial charge in [-0.3, -0.25) is 0 Å². The van der Waals surface area contributed by atoms with Crippen molar-refractivity contribution in [1.82, 2.24) is 0 Å². The SMILES string of the molecule is CP(C)N=[N+]=[N-]. The molecule has 0 saturated carbocycles. The molecule has 0 aromatic rings. The molecule has 0 fully saturated rings. The van der Waals surface area contributed by atoms with E-state index in [2.05, 4.69) is 9.80 Å². The molecule has 0 aliphatic heterocycles. The van der Waals surface area contributed by atoms with Crippen LogP contribution in [0.3, 0.4) is 0 Å². The van der Waals surface area contributed by atoms with Crippen LogP contribution >= 0.6 is 8.07 Å². The van der Waals surface area contributed by atoms with Crippen LogP contribution in [0.25, 0.3) is 10.4 Å². The van der Waals surface area contributed by atoms with Crippen molar-refractivity contribution in [3.63, 3.8) is 0 Å². The molecule has 0 atom stereocenters. The lowest BCUT2D eigenvalue weighted by Crippen LogP contribution is -1.47. The third kappa shape index (κ3) is 3.74. The second kappa shape index (κ2) is 2.95. The highest BCUT2D eigenvalue weighted by molar-refractivity contribution is 7.54. The average Bonchev–Trinajstić information content (AvgIpc) is 1.35. The van der Waals surface area contributed by atoms with Gasteiger partial charge in [0.1, 0.15) is 0 Å². The molecule has 0 bridgehead atoms. The Kier molecular flexibility index (Phi) is 2.82. The van der Waals surface area contributed by atoms with Crippen molar-refractivity contribution < 1.29 is 0 Å². The summed E-state index contributed by atoms with van der Waals surface area (Å²) in [5, 5.41) is 0. The Hall–Kier alpha value is -0.260. The van der Waals surface area contributed by atoms with Crippen LogP contribution in [0.5, 0.6) is 0 Å². The lowest BCUT2D eigenvalue weighted by Gasteiger charge is -1.83. The number of nitrogens with zero attached hydrogens (tertiary/aromatic N) is 3. The summed E-state index contributed by atoms with van der Waals surface area (Å²) in [5.74, 6) is 0. The van der Waals surface area contributed by atoms with Crippen molar-refractivity contribution in [3.05, 3.63) is 10.4 Å². The van der Waals surface area contributed by atoms with Crippen molar-refractivity contribution in [2.45, 2.75) is 0 Å². The Labute approximate surface area is 37.8 Å². The van der Waals surface area contributed by atoms with E-state index in [0.29, 0.717) is 0 Å². The highest BCUT2D eigenvalue weighted by Crippen LogP contribution is 2.25. The fraction of sp³-hybridized carbons (Fsp3) is 1.00. The molecule has 3 nitrogen and oxygen atoms in total. The number of hydrogen-bond donors (Lipinski definition) is 0. The Bertz CT molecular complexity index is 72.9. The Balaban J connectivity index is 3.29. The molecule has 0 spiro atoms. The van der Waals surface area contributed by atoms with Crippen molar-refractivity contribution in [2.24, 2.45) is 4.88 Å². The highest BCUT2D eigenvalue weighted by Gasteiger charge is 1.76. The second-order valence-corrected chi connectivity index (χ2v) is 2.90. The van der Waals surface area contributed by atoms with E-state index in [4.69, 9.17) is 5.53 Å². The van der Waals surface area contributed by atoms with Crippen LogP contribution in [0, 0.1) is 0 Å². The maximum Gasteiger partial charge on any atom is 0.00470 e. The monoisotopic (exact) mass is 103 g/mol. The molecule has 4 heteroatoms. The summed E-state index contributed by atoms with van der Waals surface area (Å²) >= 11 is 0. The van der Waals surface area contributed by atoms with Gasteiger partial charge in [0, 0.05) is 4.91 Å². The first kappa shape index (κ1) is 5.74. The van der Waals surface area contributed by atoms with Gasteiger partial charge in [-0.2, -0.15) is 0 Å². The zero-order chi connectivity index (χ0) is 4.99. The summed E-state index contributed by atoms with van der Waals surface area (Å²) in [7, 11) is -0.392. The van der Waals surface area contributed by atoms with Gasteiger partial charge in [0.05, 0.1) is 0 Å². The van der Waals surface area contributed by atoms with E-state index >= 15 is 0 Å². The molecule has 6 heavy (non-hydrogen) atoms. The number of hydrogen-bond acceptors (Lipinski definition) is 1. The van der Waals surface area contributed by atoms with Gasteiger partial charge in [0.25, 0.3) is 0 Å². The van der Waals surface area contributed by atoms with E-state index in [9.17, 15) is 0 Å². The van der Waals surface area contributed by atoms with Crippen LogP contribution in [0.2, 0.25) is 0 Å². The van der Waals surface area contributed by atoms with Crippen LogP contribution in [0.1, 0.15) is 0 Å². The van der Waals surface area contributed by atoms with E-state index in [1.807, 2.05) is 13.3 Å². The van der Waals surface area contributed by atoms with Crippen LogP contribution in [-0.4, -0.2) is 13.3 Å². The Morgan fingerprint density at radius 3 is 2.17 bits per heavy atom. The van der Waals surface area contributed by atoms with E-state index in [1.54, 1.807) is 0 Å². The predicted octanol–water partition coefficient (Wildman–Crippen LogP) is 1.95. The highest BCUT2D eigenvalue weighted by atomic mass is 31.1. The van der Waals surface area contributed by atoms with E-state index in [0.717, 1.165) is 0 Å². The lowest BCUT2D eigenvalue weighted by atomic mass is 11.9. The first-order chi connectivity index (χ1) is 2.77. The smallest absolute Gasteiger partial charge is 0.00470 e. The first-order valence-corrected chi connectivity index (χ1v) is 3.68. The second-order valence-electron chi connectivity index (χ2n) is 1.03. The summed E-state index contributed by atoms with van der Waals surface area (Å²) in [5.41, 5.74) is 7.71. The molecule has 0 rings (SSSR count). The molecule has 0 unspecified atom stereocenters. The third-order valence-corrected chi connectivity index (χ3v) is 0.657. The lowest BCUT2D eigenvalue weighted by molar-refractivity contribution is 1.74. The van der Waals surface area contributed by atoms with Crippen LogP contribution in [-0.2, 0) is 0 Å². The summed E-state index contributed by atoms with van der Waals surface area (Å²) in [6, 6.07) is 0. The average molecular weight is 103 g/mol. The molecular formula is C2H6N3P. The van der Waals surface area contributed by atoms with Gasteiger partial charge in [-0.1, -0.05) is 4.88 Å². The van der Waals surface area contributed by atoms with Gasteiger partial charge in [-0.15, -0.1) is 0 Å². The minimum Gasteiger partial charge on any atom is -0.0731 e. The molecule has 0 amide bonds. The maximum atomic E-state index is 7.71. The number of rotatable bonds is 1. The summed E-state index contributed by atoms with van der Waals surface area (Å²) < 4.78 is 0. The third-order valence-electron chi connectivity index (χ3n) is 0.219. The van der Waals surface area contributed by atoms with Crippen LogP contribution in [0.15, 0.2) is 4.88 Å². The van der Waals surface area contributed by atoms with Crippen molar-refractivity contribution in [3.8, 4) is 0 Å². The summed E-state index contributed by atoms with van der Waals surface area (Å²) in [6.07, 6.45) is 0. The topological polar surface area (TPSA) is 48.8 Å². The number of azide groups is 1. The molecule has 0 N–H and O–H groups in total. The quantitative estimate of drug-likeness (QED) is 0.211. The predicted molar refractivity (Wildman–Crippen MR) is 27.9 cm³/mol. The normalized spacial score (nSPS) is 7.83. The molecule has 0 aliphatic rings. The van der Waals surface area contributed by atoms with Gasteiger partial charge in [-0.05, 0) is 26.9 Å². The van der Waals surface area contributed by atoms with Gasteiger partial charge >= 0.3 is 0 Å². The zero-order valence-corrected chi connectivity index (χ0v) is 4.68. The summed E-state index contributed by atoms with van der Waals surface area (Å²) in [6.45, 7) is 3.80. The first-order valence-electron chi connectivity index (χ1n) is 1.49. The van der Waals surface area contributed by atoms with Gasteiger partial charge < -0.3 is 0 Å². The van der Waals surface area contributed by atoms with Gasteiger partial charge in [0.15, 0.2) is 0 Å². The minimum atomic E-state index is -0.392.